The van der Waals surface area contributed by atoms with Crippen molar-refractivity contribution in [1.82, 2.24) is 0 Å². The zero-order valence-electron chi connectivity index (χ0n) is 10.9. The van der Waals surface area contributed by atoms with Crippen LogP contribution in [-0.2, 0) is 9.59 Å². The lowest BCUT2D eigenvalue weighted by Crippen LogP contribution is -2.67. The standard InChI is InChI=1S/C14H14F2O4/c1-13(19)5-3-6(15)10(12(13)18)9-7(16)4-8(17)14(2,20)11(5)9/h3-5,9-11,19-20H,1-2H3/t5?,9?,10?,11?,13?,14-/m1/s1. The fraction of sp³-hybridized carbons (Fsp3) is 0.571. The second-order valence-corrected chi connectivity index (χ2v) is 6.16. The van der Waals surface area contributed by atoms with Gasteiger partial charge in [0.25, 0.3) is 0 Å². The molecule has 0 aromatic rings. The lowest BCUT2D eigenvalue weighted by molar-refractivity contribution is -0.180. The Kier molecular flexibility index (Phi) is 2.46. The smallest absolute Gasteiger partial charge is 0.189 e. The number of carbonyl (C=O) groups excluding carboxylic acids is 2. The van der Waals surface area contributed by atoms with Crippen LogP contribution in [0.25, 0.3) is 0 Å². The molecule has 108 valence electrons. The molecule has 0 aromatic heterocycles. The molecule has 0 saturated heterocycles. The minimum absolute atomic E-state index is 0.622. The number of hydrogen-bond donors (Lipinski definition) is 2. The molecule has 1 fully saturated rings. The summed E-state index contributed by atoms with van der Waals surface area (Å²) in [6.45, 7) is 2.42. The third-order valence-corrected chi connectivity index (χ3v) is 4.93. The van der Waals surface area contributed by atoms with Gasteiger partial charge < -0.3 is 10.2 Å². The highest BCUT2D eigenvalue weighted by atomic mass is 19.1. The summed E-state index contributed by atoms with van der Waals surface area (Å²) in [5, 5.41) is 20.6. The van der Waals surface area contributed by atoms with Crippen LogP contribution in [-0.4, -0.2) is 33.0 Å². The van der Waals surface area contributed by atoms with Crippen LogP contribution in [0.1, 0.15) is 13.8 Å². The number of fused-ring (bicyclic) bond motifs is 1. The number of aliphatic hydroxyl groups is 2. The van der Waals surface area contributed by atoms with Crippen molar-refractivity contribution in [2.75, 3.05) is 0 Å². The number of hydrogen-bond acceptors (Lipinski definition) is 4. The van der Waals surface area contributed by atoms with Gasteiger partial charge in [-0.05, 0) is 19.9 Å². The zero-order chi connectivity index (χ0) is 15.0. The van der Waals surface area contributed by atoms with Gasteiger partial charge in [0.1, 0.15) is 22.9 Å². The molecule has 0 spiro atoms. The SMILES string of the molecule is CC1(O)C(=O)C2C(F)=CC1C1C2C(F)=CC(=O)[C@@]1(C)O. The lowest BCUT2D eigenvalue weighted by Gasteiger charge is -2.55. The second kappa shape index (κ2) is 3.62. The van der Waals surface area contributed by atoms with Crippen LogP contribution in [0.5, 0.6) is 0 Å². The van der Waals surface area contributed by atoms with Crippen LogP contribution >= 0.6 is 0 Å². The number of allylic oxidation sites excluding steroid dienone is 2. The van der Waals surface area contributed by atoms with E-state index >= 15 is 0 Å². The third-order valence-electron chi connectivity index (χ3n) is 4.93. The molecule has 0 aliphatic heterocycles. The third kappa shape index (κ3) is 1.36. The molecule has 4 rings (SSSR count). The summed E-state index contributed by atoms with van der Waals surface area (Å²) < 4.78 is 28.0. The van der Waals surface area contributed by atoms with E-state index in [9.17, 15) is 28.6 Å². The quantitative estimate of drug-likeness (QED) is 0.691. The summed E-state index contributed by atoms with van der Waals surface area (Å²) in [5.41, 5.74) is -3.85. The summed E-state index contributed by atoms with van der Waals surface area (Å²) >= 11 is 0. The molecule has 4 nitrogen and oxygen atoms in total. The van der Waals surface area contributed by atoms with Crippen LogP contribution in [0.15, 0.2) is 23.8 Å². The molecular formula is C14H14F2O4. The van der Waals surface area contributed by atoms with Crippen molar-refractivity contribution < 1.29 is 28.6 Å². The molecule has 0 amide bonds. The topological polar surface area (TPSA) is 74.6 Å². The first-order chi connectivity index (χ1) is 9.10. The molecule has 0 heterocycles. The van der Waals surface area contributed by atoms with Crippen LogP contribution in [0.2, 0.25) is 0 Å². The maximum Gasteiger partial charge on any atom is 0.189 e. The lowest BCUT2D eigenvalue weighted by atomic mass is 9.49. The first kappa shape index (κ1) is 13.6. The van der Waals surface area contributed by atoms with E-state index in [-0.39, 0.29) is 0 Å². The van der Waals surface area contributed by atoms with Gasteiger partial charge in [-0.3, -0.25) is 9.59 Å². The Morgan fingerprint density at radius 2 is 1.70 bits per heavy atom. The predicted octanol–water partition coefficient (Wildman–Crippen LogP) is 0.839. The molecule has 0 radical (unpaired) electrons. The number of rotatable bonds is 0. The van der Waals surface area contributed by atoms with Crippen molar-refractivity contribution in [2.24, 2.45) is 23.7 Å². The van der Waals surface area contributed by atoms with E-state index < -0.39 is 58.1 Å². The highest BCUT2D eigenvalue weighted by molar-refractivity contribution is 6.01. The van der Waals surface area contributed by atoms with E-state index in [0.29, 0.717) is 6.08 Å². The Labute approximate surface area is 113 Å². The molecule has 2 N–H and O–H groups in total. The predicted molar refractivity (Wildman–Crippen MR) is 63.6 cm³/mol. The van der Waals surface area contributed by atoms with Gasteiger partial charge in [-0.25, -0.2) is 8.78 Å². The van der Waals surface area contributed by atoms with Crippen LogP contribution in [0, 0.1) is 23.7 Å². The van der Waals surface area contributed by atoms with Crippen molar-refractivity contribution in [2.45, 2.75) is 25.0 Å². The van der Waals surface area contributed by atoms with Gasteiger partial charge >= 0.3 is 0 Å². The first-order valence-corrected chi connectivity index (χ1v) is 6.38. The Bertz CT molecular complexity index is 588. The largest absolute Gasteiger partial charge is 0.382 e. The van der Waals surface area contributed by atoms with E-state index in [1.54, 1.807) is 0 Å². The molecule has 20 heavy (non-hydrogen) atoms. The number of carbonyl (C=O) groups is 2. The van der Waals surface area contributed by atoms with Gasteiger partial charge in [0.2, 0.25) is 0 Å². The zero-order valence-corrected chi connectivity index (χ0v) is 10.9. The van der Waals surface area contributed by atoms with Gasteiger partial charge in [0.05, 0.1) is 5.92 Å². The molecule has 4 aliphatic carbocycles. The second-order valence-electron chi connectivity index (χ2n) is 6.16. The van der Waals surface area contributed by atoms with Crippen LogP contribution < -0.4 is 0 Å². The maximum absolute atomic E-state index is 14.1. The maximum atomic E-state index is 14.1. The molecule has 4 aliphatic rings. The Hall–Kier alpha value is -1.40. The van der Waals surface area contributed by atoms with Gasteiger partial charge in [-0.2, -0.15) is 0 Å². The van der Waals surface area contributed by atoms with Gasteiger partial charge in [-0.15, -0.1) is 0 Å². The van der Waals surface area contributed by atoms with Crippen molar-refractivity contribution >= 4 is 11.6 Å². The van der Waals surface area contributed by atoms with Crippen LogP contribution in [0.3, 0.4) is 0 Å². The fourth-order valence-electron chi connectivity index (χ4n) is 3.82. The summed E-state index contributed by atoms with van der Waals surface area (Å²) in [5.74, 6) is -8.25. The summed E-state index contributed by atoms with van der Waals surface area (Å²) in [6.07, 6.45) is 1.66. The van der Waals surface area contributed by atoms with E-state index in [0.717, 1.165) is 6.08 Å². The normalized spacial score (nSPS) is 50.7. The van der Waals surface area contributed by atoms with Crippen molar-refractivity contribution in [3.05, 3.63) is 23.8 Å². The van der Waals surface area contributed by atoms with Crippen molar-refractivity contribution in [3.8, 4) is 0 Å². The number of halogens is 2. The van der Waals surface area contributed by atoms with Crippen molar-refractivity contribution in [3.63, 3.8) is 0 Å². The van der Waals surface area contributed by atoms with Crippen molar-refractivity contribution in [1.29, 1.82) is 0 Å². The minimum atomic E-state index is -1.94. The van der Waals surface area contributed by atoms with Crippen LogP contribution in [0.4, 0.5) is 8.78 Å². The molecule has 5 unspecified atom stereocenters. The van der Waals surface area contributed by atoms with E-state index in [1.807, 2.05) is 0 Å². The minimum Gasteiger partial charge on any atom is -0.382 e. The van der Waals surface area contributed by atoms with E-state index in [4.69, 9.17) is 0 Å². The first-order valence-electron chi connectivity index (χ1n) is 6.38. The molecule has 2 bridgehead atoms. The Balaban J connectivity index is 2.25. The highest BCUT2D eigenvalue weighted by Crippen LogP contribution is 2.58. The van der Waals surface area contributed by atoms with E-state index in [1.165, 1.54) is 13.8 Å². The fourth-order valence-corrected chi connectivity index (χ4v) is 3.82. The van der Waals surface area contributed by atoms with E-state index in [2.05, 4.69) is 0 Å². The molecule has 6 atom stereocenters. The van der Waals surface area contributed by atoms with Gasteiger partial charge in [0.15, 0.2) is 11.6 Å². The average molecular weight is 284 g/mol. The van der Waals surface area contributed by atoms with Gasteiger partial charge in [-0.1, -0.05) is 0 Å². The summed E-state index contributed by atoms with van der Waals surface area (Å²) in [7, 11) is 0. The van der Waals surface area contributed by atoms with Gasteiger partial charge in [0, 0.05) is 23.8 Å². The Morgan fingerprint density at radius 1 is 1.10 bits per heavy atom. The molecule has 0 aromatic carbocycles. The monoisotopic (exact) mass is 284 g/mol. The molecule has 1 saturated carbocycles. The summed E-state index contributed by atoms with van der Waals surface area (Å²) in [6, 6.07) is 0. The number of ketones is 2. The molecular weight excluding hydrogens is 270 g/mol. The summed E-state index contributed by atoms with van der Waals surface area (Å²) in [4.78, 5) is 23.9. The Morgan fingerprint density at radius 3 is 2.30 bits per heavy atom. The number of Topliss-reactive ketones (excluding diaryl/α,β-unsaturated/α-hetero) is 1. The molecule has 6 heteroatoms. The highest BCUT2D eigenvalue weighted by Gasteiger charge is 2.67. The average Bonchev–Trinajstić information content (AvgIpc) is 2.32.